The number of ether oxygens (including phenoxy) is 3. The molecule has 0 aliphatic rings. The molecule has 0 heterocycles. The van der Waals surface area contributed by atoms with Crippen molar-refractivity contribution in [1.29, 1.82) is 0 Å². The summed E-state index contributed by atoms with van der Waals surface area (Å²) in [5.74, 6) is -0.535. The molecule has 3 aromatic rings. The summed E-state index contributed by atoms with van der Waals surface area (Å²) in [5.41, 5.74) is 1.90. The smallest absolute Gasteiger partial charge is 0.337 e. The minimum atomic E-state index is -0.460. The molecular formula is C24H22N2O6. The van der Waals surface area contributed by atoms with Gasteiger partial charge in [-0.15, -0.1) is 0 Å². The van der Waals surface area contributed by atoms with E-state index in [0.717, 1.165) is 0 Å². The Hall–Kier alpha value is -4.33. The summed E-state index contributed by atoms with van der Waals surface area (Å²) in [7, 11) is 4.23. The molecule has 0 aliphatic carbocycles. The third-order valence-corrected chi connectivity index (χ3v) is 4.60. The van der Waals surface area contributed by atoms with Crippen LogP contribution >= 0.6 is 0 Å². The van der Waals surface area contributed by atoms with Crippen molar-refractivity contribution in [1.82, 2.24) is 0 Å². The molecule has 0 saturated heterocycles. The maximum absolute atomic E-state index is 12.8. The summed E-state index contributed by atoms with van der Waals surface area (Å²) < 4.78 is 15.2. The Kier molecular flexibility index (Phi) is 7.07. The van der Waals surface area contributed by atoms with Crippen LogP contribution in [-0.2, 0) is 4.74 Å². The van der Waals surface area contributed by atoms with E-state index < -0.39 is 11.9 Å². The first kappa shape index (κ1) is 22.4. The largest absolute Gasteiger partial charge is 0.496 e. The number of hydrogen-bond acceptors (Lipinski definition) is 6. The monoisotopic (exact) mass is 434 g/mol. The van der Waals surface area contributed by atoms with Gasteiger partial charge in [0.05, 0.1) is 26.9 Å². The molecule has 0 bridgehead atoms. The Bertz CT molecular complexity index is 1120. The minimum Gasteiger partial charge on any atom is -0.496 e. The second-order valence-corrected chi connectivity index (χ2v) is 6.60. The molecule has 0 atom stereocenters. The average Bonchev–Trinajstić information content (AvgIpc) is 2.83. The van der Waals surface area contributed by atoms with Gasteiger partial charge < -0.3 is 24.8 Å². The van der Waals surface area contributed by atoms with Crippen molar-refractivity contribution in [2.45, 2.75) is 0 Å². The van der Waals surface area contributed by atoms with E-state index in [1.807, 2.05) is 0 Å². The van der Waals surface area contributed by atoms with Gasteiger partial charge in [-0.05, 0) is 54.6 Å². The van der Waals surface area contributed by atoms with Gasteiger partial charge in [0.1, 0.15) is 17.1 Å². The second-order valence-electron chi connectivity index (χ2n) is 6.60. The molecule has 0 radical (unpaired) electrons. The van der Waals surface area contributed by atoms with E-state index in [1.54, 1.807) is 66.7 Å². The first-order valence-corrected chi connectivity index (χ1v) is 9.59. The van der Waals surface area contributed by atoms with Crippen LogP contribution in [-0.4, -0.2) is 39.1 Å². The van der Waals surface area contributed by atoms with Crippen molar-refractivity contribution in [3.8, 4) is 11.5 Å². The number of anilines is 2. The Balaban J connectivity index is 1.75. The van der Waals surface area contributed by atoms with Gasteiger partial charge in [0.25, 0.3) is 11.8 Å². The van der Waals surface area contributed by atoms with Gasteiger partial charge in [0.15, 0.2) is 0 Å². The van der Waals surface area contributed by atoms with Gasteiger partial charge in [-0.3, -0.25) is 9.59 Å². The SMILES string of the molecule is COC(=O)c1ccc(NC(=O)c2cccc(NC(=O)c3c(OC)cccc3OC)c2)cc1. The van der Waals surface area contributed by atoms with Gasteiger partial charge in [-0.1, -0.05) is 12.1 Å². The van der Waals surface area contributed by atoms with E-state index in [0.29, 0.717) is 34.0 Å². The fourth-order valence-corrected chi connectivity index (χ4v) is 3.02. The summed E-state index contributed by atoms with van der Waals surface area (Å²) in [4.78, 5) is 37.0. The maximum atomic E-state index is 12.8. The Morgan fingerprint density at radius 1 is 0.656 bits per heavy atom. The van der Waals surface area contributed by atoms with Gasteiger partial charge in [-0.25, -0.2) is 4.79 Å². The van der Waals surface area contributed by atoms with Crippen LogP contribution in [0.3, 0.4) is 0 Å². The Labute approximate surface area is 185 Å². The third-order valence-electron chi connectivity index (χ3n) is 4.60. The summed E-state index contributed by atoms with van der Waals surface area (Å²) in [5, 5.41) is 5.51. The van der Waals surface area contributed by atoms with Crippen molar-refractivity contribution in [2.24, 2.45) is 0 Å². The summed E-state index contributed by atoms with van der Waals surface area (Å²) in [6, 6.07) is 17.9. The number of rotatable bonds is 7. The van der Waals surface area contributed by atoms with Gasteiger partial charge in [-0.2, -0.15) is 0 Å². The fraction of sp³-hybridized carbons (Fsp3) is 0.125. The van der Waals surface area contributed by atoms with Crippen LogP contribution in [0, 0.1) is 0 Å². The van der Waals surface area contributed by atoms with E-state index in [9.17, 15) is 14.4 Å². The molecule has 32 heavy (non-hydrogen) atoms. The highest BCUT2D eigenvalue weighted by atomic mass is 16.5. The van der Waals surface area contributed by atoms with Crippen LogP contribution in [0.1, 0.15) is 31.1 Å². The molecule has 0 unspecified atom stereocenters. The summed E-state index contributed by atoms with van der Waals surface area (Å²) >= 11 is 0. The number of hydrogen-bond donors (Lipinski definition) is 2. The van der Waals surface area contributed by atoms with E-state index in [2.05, 4.69) is 15.4 Å². The van der Waals surface area contributed by atoms with Gasteiger partial charge >= 0.3 is 5.97 Å². The highest BCUT2D eigenvalue weighted by Crippen LogP contribution is 2.29. The number of methoxy groups -OCH3 is 3. The molecule has 2 N–H and O–H groups in total. The molecule has 0 fully saturated rings. The molecule has 0 spiro atoms. The van der Waals surface area contributed by atoms with Crippen LogP contribution in [0.15, 0.2) is 66.7 Å². The molecular weight excluding hydrogens is 412 g/mol. The predicted molar refractivity (Wildman–Crippen MR) is 120 cm³/mol. The van der Waals surface area contributed by atoms with E-state index in [1.165, 1.54) is 21.3 Å². The number of nitrogens with one attached hydrogen (secondary N) is 2. The molecule has 8 nitrogen and oxygen atoms in total. The summed E-state index contributed by atoms with van der Waals surface area (Å²) in [6.45, 7) is 0. The van der Waals surface area contributed by atoms with Crippen molar-refractivity contribution in [3.05, 3.63) is 83.4 Å². The number of carbonyl (C=O) groups excluding carboxylic acids is 3. The first-order valence-electron chi connectivity index (χ1n) is 9.59. The standard InChI is InChI=1S/C24H22N2O6/c1-30-19-8-5-9-20(31-2)21(19)23(28)26-18-7-4-6-16(14-18)22(27)25-17-12-10-15(11-13-17)24(29)32-3/h4-14H,1-3H3,(H,25,27)(H,26,28). The number of esters is 1. The van der Waals surface area contributed by atoms with E-state index in [4.69, 9.17) is 9.47 Å². The van der Waals surface area contributed by atoms with Crippen molar-refractivity contribution in [2.75, 3.05) is 32.0 Å². The molecule has 0 aliphatic heterocycles. The Morgan fingerprint density at radius 2 is 1.25 bits per heavy atom. The lowest BCUT2D eigenvalue weighted by atomic mass is 10.1. The maximum Gasteiger partial charge on any atom is 0.337 e. The van der Waals surface area contributed by atoms with E-state index in [-0.39, 0.29) is 11.5 Å². The number of amides is 2. The lowest BCUT2D eigenvalue weighted by Gasteiger charge is -2.13. The lowest BCUT2D eigenvalue weighted by molar-refractivity contribution is 0.0600. The van der Waals surface area contributed by atoms with Crippen LogP contribution in [0.4, 0.5) is 11.4 Å². The zero-order valence-corrected chi connectivity index (χ0v) is 17.8. The predicted octanol–water partition coefficient (Wildman–Crippen LogP) is 4.00. The second kappa shape index (κ2) is 10.1. The number of benzene rings is 3. The lowest BCUT2D eigenvalue weighted by Crippen LogP contribution is -2.16. The molecule has 3 rings (SSSR count). The van der Waals surface area contributed by atoms with Gasteiger partial charge in [0.2, 0.25) is 0 Å². The highest BCUT2D eigenvalue weighted by molar-refractivity contribution is 6.09. The Morgan fingerprint density at radius 3 is 1.84 bits per heavy atom. The molecule has 0 saturated carbocycles. The van der Waals surface area contributed by atoms with Crippen molar-refractivity contribution in [3.63, 3.8) is 0 Å². The van der Waals surface area contributed by atoms with Crippen LogP contribution in [0.25, 0.3) is 0 Å². The van der Waals surface area contributed by atoms with E-state index >= 15 is 0 Å². The van der Waals surface area contributed by atoms with Crippen LogP contribution in [0.5, 0.6) is 11.5 Å². The first-order chi connectivity index (χ1) is 15.5. The van der Waals surface area contributed by atoms with Crippen LogP contribution in [0.2, 0.25) is 0 Å². The molecule has 2 amide bonds. The number of carbonyl (C=O) groups is 3. The van der Waals surface area contributed by atoms with Crippen molar-refractivity contribution < 1.29 is 28.6 Å². The molecule has 3 aromatic carbocycles. The molecule has 164 valence electrons. The average molecular weight is 434 g/mol. The fourth-order valence-electron chi connectivity index (χ4n) is 3.02. The zero-order chi connectivity index (χ0) is 23.1. The molecule has 8 heteroatoms. The minimum absolute atomic E-state index is 0.248. The third kappa shape index (κ3) is 5.04. The summed E-state index contributed by atoms with van der Waals surface area (Å²) in [6.07, 6.45) is 0. The zero-order valence-electron chi connectivity index (χ0n) is 17.8. The quantitative estimate of drug-likeness (QED) is 0.545. The molecule has 0 aromatic heterocycles. The highest BCUT2D eigenvalue weighted by Gasteiger charge is 2.19. The van der Waals surface area contributed by atoms with Gasteiger partial charge in [0, 0.05) is 16.9 Å². The topological polar surface area (TPSA) is 103 Å². The normalized spacial score (nSPS) is 10.1. The van der Waals surface area contributed by atoms with Crippen molar-refractivity contribution >= 4 is 29.2 Å². The van der Waals surface area contributed by atoms with Crippen LogP contribution < -0.4 is 20.1 Å².